The number of benzene rings is 1. The van der Waals surface area contributed by atoms with Crippen molar-refractivity contribution in [3.8, 4) is 0 Å². The van der Waals surface area contributed by atoms with Gasteiger partial charge in [-0.1, -0.05) is 17.3 Å². The lowest BCUT2D eigenvalue weighted by Crippen LogP contribution is -2.41. The molecule has 9 nitrogen and oxygen atoms in total. The first-order chi connectivity index (χ1) is 15.2. The number of piperidine rings is 1. The predicted octanol–water partition coefficient (Wildman–Crippen LogP) is 2.91. The van der Waals surface area contributed by atoms with E-state index in [1.807, 2.05) is 0 Å². The minimum Gasteiger partial charge on any atom is -0.463 e. The highest BCUT2D eigenvalue weighted by Gasteiger charge is 2.35. The van der Waals surface area contributed by atoms with E-state index >= 15 is 0 Å². The minimum absolute atomic E-state index is 0.109. The summed E-state index contributed by atoms with van der Waals surface area (Å²) in [6.45, 7) is 5.74. The Labute approximate surface area is 187 Å². The molecule has 1 N–H and O–H groups in total. The SMILES string of the molecule is CCOC(=O)/C=C/c1ccc(NC(=O)C2CCN(S(=O)(=O)c3c(C)noc3C)CC2)cc1. The van der Waals surface area contributed by atoms with E-state index in [1.54, 1.807) is 51.1 Å². The normalized spacial score (nSPS) is 15.7. The fourth-order valence-corrected chi connectivity index (χ4v) is 5.37. The molecule has 0 bridgehead atoms. The fraction of sp³-hybridized carbons (Fsp3) is 0.409. The molecule has 2 aromatic rings. The van der Waals surface area contributed by atoms with Crippen molar-refractivity contribution in [3.05, 3.63) is 47.4 Å². The summed E-state index contributed by atoms with van der Waals surface area (Å²) in [6.07, 6.45) is 3.84. The van der Waals surface area contributed by atoms with E-state index in [1.165, 1.54) is 10.4 Å². The number of nitrogens with zero attached hydrogens (tertiary/aromatic N) is 2. The van der Waals surface area contributed by atoms with E-state index in [-0.39, 0.29) is 35.6 Å². The highest BCUT2D eigenvalue weighted by Crippen LogP contribution is 2.28. The van der Waals surface area contributed by atoms with Crippen LogP contribution in [0.15, 0.2) is 39.8 Å². The van der Waals surface area contributed by atoms with Crippen molar-refractivity contribution in [3.63, 3.8) is 0 Å². The summed E-state index contributed by atoms with van der Waals surface area (Å²) in [5.41, 5.74) is 1.77. The third-order valence-electron chi connectivity index (χ3n) is 5.27. The molecule has 1 fully saturated rings. The zero-order chi connectivity index (χ0) is 23.3. The molecule has 172 valence electrons. The van der Waals surface area contributed by atoms with Gasteiger partial charge in [-0.2, -0.15) is 4.31 Å². The van der Waals surface area contributed by atoms with Gasteiger partial charge < -0.3 is 14.6 Å². The average Bonchev–Trinajstić information content (AvgIpc) is 3.12. The van der Waals surface area contributed by atoms with Gasteiger partial charge in [0.2, 0.25) is 15.9 Å². The Kier molecular flexibility index (Phi) is 7.47. The molecule has 1 saturated heterocycles. The number of hydrogen-bond donors (Lipinski definition) is 1. The number of esters is 1. The van der Waals surface area contributed by atoms with Crippen LogP contribution in [-0.2, 0) is 24.3 Å². The van der Waals surface area contributed by atoms with E-state index in [4.69, 9.17) is 9.26 Å². The maximum Gasteiger partial charge on any atom is 0.330 e. The summed E-state index contributed by atoms with van der Waals surface area (Å²) in [4.78, 5) is 24.1. The zero-order valence-corrected chi connectivity index (χ0v) is 19.1. The molecule has 0 aliphatic carbocycles. The average molecular weight is 462 g/mol. The Morgan fingerprint density at radius 3 is 2.44 bits per heavy atom. The van der Waals surface area contributed by atoms with E-state index in [9.17, 15) is 18.0 Å². The zero-order valence-electron chi connectivity index (χ0n) is 18.3. The van der Waals surface area contributed by atoms with Crippen LogP contribution in [0.5, 0.6) is 0 Å². The van der Waals surface area contributed by atoms with Gasteiger partial charge in [0.05, 0.1) is 6.61 Å². The maximum absolute atomic E-state index is 12.9. The van der Waals surface area contributed by atoms with Gasteiger partial charge in [0, 0.05) is 30.8 Å². The lowest BCUT2D eigenvalue weighted by atomic mass is 9.97. The Balaban J connectivity index is 1.55. The summed E-state index contributed by atoms with van der Waals surface area (Å²) in [6, 6.07) is 7.06. The van der Waals surface area contributed by atoms with Crippen molar-refractivity contribution >= 4 is 33.7 Å². The van der Waals surface area contributed by atoms with E-state index in [0.29, 0.717) is 30.8 Å². The van der Waals surface area contributed by atoms with Crippen molar-refractivity contribution in [2.45, 2.75) is 38.5 Å². The van der Waals surface area contributed by atoms with Crippen LogP contribution in [0, 0.1) is 19.8 Å². The van der Waals surface area contributed by atoms with Gasteiger partial charge >= 0.3 is 5.97 Å². The van der Waals surface area contributed by atoms with Gasteiger partial charge in [-0.3, -0.25) is 4.79 Å². The smallest absolute Gasteiger partial charge is 0.330 e. The maximum atomic E-state index is 12.9. The largest absolute Gasteiger partial charge is 0.463 e. The van der Waals surface area contributed by atoms with Gasteiger partial charge in [0.15, 0.2) is 5.76 Å². The topological polar surface area (TPSA) is 119 Å². The van der Waals surface area contributed by atoms with Crippen molar-refractivity contribution in [1.82, 2.24) is 9.46 Å². The predicted molar refractivity (Wildman–Crippen MR) is 118 cm³/mol. The number of sulfonamides is 1. The molecule has 0 spiro atoms. The number of aromatic nitrogens is 1. The summed E-state index contributed by atoms with van der Waals surface area (Å²) in [5, 5.41) is 6.61. The van der Waals surface area contributed by atoms with Gasteiger partial charge in [-0.15, -0.1) is 0 Å². The van der Waals surface area contributed by atoms with Crippen LogP contribution in [-0.4, -0.2) is 49.5 Å². The number of carbonyl (C=O) groups excluding carboxylic acids is 2. The number of hydrogen-bond acceptors (Lipinski definition) is 7. The molecule has 0 atom stereocenters. The number of ether oxygens (including phenoxy) is 1. The van der Waals surface area contributed by atoms with E-state index in [0.717, 1.165) is 5.56 Å². The monoisotopic (exact) mass is 461 g/mol. The molecule has 0 unspecified atom stereocenters. The summed E-state index contributed by atoms with van der Waals surface area (Å²) >= 11 is 0. The van der Waals surface area contributed by atoms with Gasteiger partial charge in [0.25, 0.3) is 0 Å². The van der Waals surface area contributed by atoms with Crippen LogP contribution in [0.4, 0.5) is 5.69 Å². The fourth-order valence-electron chi connectivity index (χ4n) is 3.61. The lowest BCUT2D eigenvalue weighted by molar-refractivity contribution is -0.137. The van der Waals surface area contributed by atoms with Crippen molar-refractivity contribution < 1.29 is 27.3 Å². The summed E-state index contributed by atoms with van der Waals surface area (Å²) < 4.78 is 37.0. The summed E-state index contributed by atoms with van der Waals surface area (Å²) in [7, 11) is -3.70. The first-order valence-electron chi connectivity index (χ1n) is 10.4. The lowest BCUT2D eigenvalue weighted by Gasteiger charge is -2.30. The molecule has 3 rings (SSSR count). The summed E-state index contributed by atoms with van der Waals surface area (Å²) in [5.74, 6) is -0.570. The number of aryl methyl sites for hydroxylation is 2. The molecule has 32 heavy (non-hydrogen) atoms. The van der Waals surface area contributed by atoms with Crippen molar-refractivity contribution in [2.24, 2.45) is 5.92 Å². The standard InChI is InChI=1S/C22H27N3O6S/c1-4-30-20(26)10-7-17-5-8-19(9-6-17)23-22(27)18-11-13-25(14-12-18)32(28,29)21-15(2)24-31-16(21)3/h5-10,18H,4,11-14H2,1-3H3,(H,23,27)/b10-7+. The van der Waals surface area contributed by atoms with E-state index < -0.39 is 16.0 Å². The van der Waals surface area contributed by atoms with E-state index in [2.05, 4.69) is 10.5 Å². The van der Waals surface area contributed by atoms with Gasteiger partial charge in [-0.05, 0) is 57.4 Å². The van der Waals surface area contributed by atoms with Crippen molar-refractivity contribution in [1.29, 1.82) is 0 Å². The Bertz CT molecular complexity index is 1080. The van der Waals surface area contributed by atoms with Crippen LogP contribution < -0.4 is 5.32 Å². The molecule has 1 aliphatic rings. The van der Waals surface area contributed by atoms with Gasteiger partial charge in [0.1, 0.15) is 10.6 Å². The third-order valence-corrected chi connectivity index (χ3v) is 7.41. The second-order valence-corrected chi connectivity index (χ2v) is 9.40. The molecule has 10 heteroatoms. The molecular weight excluding hydrogens is 434 g/mol. The first-order valence-corrected chi connectivity index (χ1v) is 11.8. The molecule has 2 heterocycles. The molecule has 1 aliphatic heterocycles. The molecule has 1 aromatic carbocycles. The molecule has 0 radical (unpaired) electrons. The number of amides is 1. The molecule has 0 saturated carbocycles. The number of nitrogens with one attached hydrogen (secondary N) is 1. The second kappa shape index (κ2) is 10.1. The van der Waals surface area contributed by atoms with Crippen molar-refractivity contribution in [2.75, 3.05) is 25.0 Å². The van der Waals surface area contributed by atoms with Crippen LogP contribution in [0.2, 0.25) is 0 Å². The molecule has 1 amide bonds. The minimum atomic E-state index is -3.70. The number of anilines is 1. The van der Waals surface area contributed by atoms with Crippen LogP contribution >= 0.6 is 0 Å². The first kappa shape index (κ1) is 23.7. The second-order valence-electron chi connectivity index (χ2n) is 7.53. The highest BCUT2D eigenvalue weighted by atomic mass is 32.2. The number of carbonyl (C=O) groups is 2. The number of rotatable bonds is 7. The van der Waals surface area contributed by atoms with Crippen LogP contribution in [0.3, 0.4) is 0 Å². The van der Waals surface area contributed by atoms with Crippen LogP contribution in [0.1, 0.15) is 36.8 Å². The van der Waals surface area contributed by atoms with Gasteiger partial charge in [-0.25, -0.2) is 13.2 Å². The molecular formula is C22H27N3O6S. The quantitative estimate of drug-likeness (QED) is 0.497. The third kappa shape index (κ3) is 5.43. The molecule has 1 aromatic heterocycles. The Morgan fingerprint density at radius 1 is 1.22 bits per heavy atom. The Hall–Kier alpha value is -2.98. The van der Waals surface area contributed by atoms with Crippen LogP contribution in [0.25, 0.3) is 6.08 Å². The Morgan fingerprint density at radius 2 is 1.88 bits per heavy atom. The highest BCUT2D eigenvalue weighted by molar-refractivity contribution is 7.89.